The third kappa shape index (κ3) is 3.59. The third-order valence-electron chi connectivity index (χ3n) is 3.38. The molecule has 3 rings (SSSR count). The van der Waals surface area contributed by atoms with Crippen LogP contribution in [0.5, 0.6) is 5.75 Å². The summed E-state index contributed by atoms with van der Waals surface area (Å²) in [4.78, 5) is 28.4. The first kappa shape index (κ1) is 14.9. The van der Waals surface area contributed by atoms with E-state index in [1.165, 1.54) is 11.8 Å². The quantitative estimate of drug-likeness (QED) is 0.867. The van der Waals surface area contributed by atoms with Crippen LogP contribution in [-0.2, 0) is 9.59 Å². The van der Waals surface area contributed by atoms with Gasteiger partial charge in [0.25, 0.3) is 0 Å². The molecule has 2 N–H and O–H groups in total. The number of para-hydroxylation sites is 2. The molecule has 6 nitrogen and oxygen atoms in total. The van der Waals surface area contributed by atoms with Gasteiger partial charge in [0.2, 0.25) is 11.8 Å². The zero-order chi connectivity index (χ0) is 15.5. The Morgan fingerprint density at radius 3 is 2.95 bits per heavy atom. The highest BCUT2D eigenvalue weighted by Crippen LogP contribution is 2.29. The molecule has 0 bridgehead atoms. The molecule has 0 radical (unpaired) electrons. The molecule has 1 saturated heterocycles. The number of benzene rings is 1. The predicted molar refractivity (Wildman–Crippen MR) is 86.2 cm³/mol. The van der Waals surface area contributed by atoms with E-state index in [2.05, 4.69) is 15.6 Å². The number of amidine groups is 1. The molecule has 1 aliphatic heterocycles. The zero-order valence-corrected chi connectivity index (χ0v) is 13.0. The van der Waals surface area contributed by atoms with Gasteiger partial charge in [0.05, 0.1) is 18.8 Å². The average Bonchev–Trinajstić information content (AvgIpc) is 3.24. The van der Waals surface area contributed by atoms with Crippen LogP contribution in [0.4, 0.5) is 5.69 Å². The lowest BCUT2D eigenvalue weighted by Crippen LogP contribution is -2.28. The maximum atomic E-state index is 12.1. The van der Waals surface area contributed by atoms with E-state index in [-0.39, 0.29) is 18.2 Å². The number of carbonyl (C=O) groups excluding carboxylic acids is 2. The first-order valence-electron chi connectivity index (χ1n) is 7.14. The number of nitrogens with zero attached hydrogens (tertiary/aromatic N) is 1. The number of aliphatic imine (C=N–C) groups is 1. The number of hydrogen-bond donors (Lipinski definition) is 2. The average molecular weight is 319 g/mol. The van der Waals surface area contributed by atoms with Crippen LogP contribution in [0.2, 0.25) is 0 Å². The first-order chi connectivity index (χ1) is 10.7. The molecule has 2 fully saturated rings. The molecular weight excluding hydrogens is 302 g/mol. The second-order valence-corrected chi connectivity index (χ2v) is 6.41. The van der Waals surface area contributed by atoms with Crippen molar-refractivity contribution in [2.75, 3.05) is 12.4 Å². The Balaban J connectivity index is 1.58. The number of nitrogens with one attached hydrogen (secondary N) is 2. The number of thioether (sulfide) groups is 1. The second-order valence-electron chi connectivity index (χ2n) is 5.21. The summed E-state index contributed by atoms with van der Waals surface area (Å²) < 4.78 is 5.19. The normalized spacial score (nSPS) is 22.5. The Kier molecular flexibility index (Phi) is 4.33. The summed E-state index contributed by atoms with van der Waals surface area (Å²) in [7, 11) is 1.55. The molecule has 2 amide bonds. The monoisotopic (exact) mass is 319 g/mol. The summed E-state index contributed by atoms with van der Waals surface area (Å²) in [6.45, 7) is 0. The molecule has 0 spiro atoms. The minimum absolute atomic E-state index is 0.109. The van der Waals surface area contributed by atoms with Gasteiger partial charge in [-0.15, -0.1) is 0 Å². The number of methoxy groups -OCH3 is 1. The Labute approximate surface area is 132 Å². The molecule has 1 atom stereocenters. The molecule has 0 unspecified atom stereocenters. The van der Waals surface area contributed by atoms with Crippen LogP contribution in [0, 0.1) is 0 Å². The Hall–Kier alpha value is -2.02. The highest BCUT2D eigenvalue weighted by atomic mass is 32.2. The fourth-order valence-corrected chi connectivity index (χ4v) is 3.13. The Morgan fingerprint density at radius 1 is 1.45 bits per heavy atom. The number of carbonyl (C=O) groups is 2. The van der Waals surface area contributed by atoms with Crippen LogP contribution in [-0.4, -0.2) is 35.4 Å². The number of amides is 2. The summed E-state index contributed by atoms with van der Waals surface area (Å²) in [5, 5.41) is 5.73. The van der Waals surface area contributed by atoms with E-state index in [0.717, 1.165) is 12.8 Å². The van der Waals surface area contributed by atoms with Gasteiger partial charge >= 0.3 is 0 Å². The van der Waals surface area contributed by atoms with Crippen molar-refractivity contribution in [3.63, 3.8) is 0 Å². The molecule has 1 heterocycles. The van der Waals surface area contributed by atoms with Gasteiger partial charge in [0.1, 0.15) is 11.0 Å². The molecule has 1 saturated carbocycles. The minimum atomic E-state index is -0.424. The van der Waals surface area contributed by atoms with Gasteiger partial charge in [0, 0.05) is 6.42 Å². The molecule has 7 heteroatoms. The van der Waals surface area contributed by atoms with Crippen LogP contribution in [0.3, 0.4) is 0 Å². The Bertz CT molecular complexity index is 628. The van der Waals surface area contributed by atoms with Gasteiger partial charge in [-0.2, -0.15) is 0 Å². The summed E-state index contributed by atoms with van der Waals surface area (Å²) in [5.74, 6) is 0.222. The van der Waals surface area contributed by atoms with Crippen LogP contribution < -0.4 is 15.4 Å². The van der Waals surface area contributed by atoms with Crippen molar-refractivity contribution in [3.05, 3.63) is 24.3 Å². The van der Waals surface area contributed by atoms with E-state index < -0.39 is 5.25 Å². The second kappa shape index (κ2) is 6.39. The SMILES string of the molecule is COc1ccccc1NC(=O)C[C@H]1SC(=NC2CC2)NC1=O. The number of ether oxygens (including phenoxy) is 1. The van der Waals surface area contributed by atoms with Crippen molar-refractivity contribution >= 4 is 34.4 Å². The largest absolute Gasteiger partial charge is 0.495 e. The van der Waals surface area contributed by atoms with E-state index in [9.17, 15) is 9.59 Å². The van der Waals surface area contributed by atoms with Crippen LogP contribution in [0.15, 0.2) is 29.3 Å². The van der Waals surface area contributed by atoms with Gasteiger partial charge in [-0.1, -0.05) is 23.9 Å². The fourth-order valence-electron chi connectivity index (χ4n) is 2.09. The summed E-state index contributed by atoms with van der Waals surface area (Å²) in [6.07, 6.45) is 2.27. The number of hydrogen-bond acceptors (Lipinski definition) is 5. The van der Waals surface area contributed by atoms with Crippen molar-refractivity contribution in [2.24, 2.45) is 4.99 Å². The summed E-state index contributed by atoms with van der Waals surface area (Å²) in [6, 6.07) is 7.53. The fraction of sp³-hybridized carbons (Fsp3) is 0.400. The highest BCUT2D eigenvalue weighted by Gasteiger charge is 2.33. The molecule has 2 aliphatic rings. The van der Waals surface area contributed by atoms with Crippen LogP contribution in [0.25, 0.3) is 0 Å². The van der Waals surface area contributed by atoms with Gasteiger partial charge in [-0.05, 0) is 25.0 Å². The van der Waals surface area contributed by atoms with Crippen molar-refractivity contribution < 1.29 is 14.3 Å². The topological polar surface area (TPSA) is 79.8 Å². The smallest absolute Gasteiger partial charge is 0.240 e. The van der Waals surface area contributed by atoms with E-state index in [1.807, 2.05) is 12.1 Å². The molecule has 0 aromatic heterocycles. The summed E-state index contributed by atoms with van der Waals surface area (Å²) >= 11 is 1.33. The third-order valence-corrected chi connectivity index (χ3v) is 4.47. The van der Waals surface area contributed by atoms with Gasteiger partial charge in [-0.3, -0.25) is 14.6 Å². The van der Waals surface area contributed by atoms with Crippen molar-refractivity contribution in [3.8, 4) is 5.75 Å². The molecule has 1 aliphatic carbocycles. The maximum absolute atomic E-state index is 12.1. The van der Waals surface area contributed by atoms with Crippen molar-refractivity contribution in [2.45, 2.75) is 30.6 Å². The van der Waals surface area contributed by atoms with Crippen LogP contribution >= 0.6 is 11.8 Å². The number of rotatable bonds is 5. The van der Waals surface area contributed by atoms with Crippen molar-refractivity contribution in [1.29, 1.82) is 0 Å². The first-order valence-corrected chi connectivity index (χ1v) is 8.02. The van der Waals surface area contributed by atoms with Gasteiger partial charge < -0.3 is 15.4 Å². The highest BCUT2D eigenvalue weighted by molar-refractivity contribution is 8.15. The minimum Gasteiger partial charge on any atom is -0.495 e. The maximum Gasteiger partial charge on any atom is 0.240 e. The Morgan fingerprint density at radius 2 is 2.23 bits per heavy atom. The lowest BCUT2D eigenvalue weighted by molar-refractivity contribution is -0.122. The molecular formula is C15H17N3O3S. The molecule has 22 heavy (non-hydrogen) atoms. The van der Waals surface area contributed by atoms with Crippen molar-refractivity contribution in [1.82, 2.24) is 5.32 Å². The van der Waals surface area contributed by atoms with E-state index in [4.69, 9.17) is 4.74 Å². The zero-order valence-electron chi connectivity index (χ0n) is 12.2. The van der Waals surface area contributed by atoms with E-state index in [0.29, 0.717) is 22.6 Å². The molecule has 1 aromatic carbocycles. The van der Waals surface area contributed by atoms with E-state index in [1.54, 1.807) is 19.2 Å². The lowest BCUT2D eigenvalue weighted by atomic mass is 10.2. The lowest BCUT2D eigenvalue weighted by Gasteiger charge is -2.10. The van der Waals surface area contributed by atoms with E-state index >= 15 is 0 Å². The number of anilines is 1. The van der Waals surface area contributed by atoms with Crippen LogP contribution in [0.1, 0.15) is 19.3 Å². The van der Waals surface area contributed by atoms with Gasteiger partial charge in [0.15, 0.2) is 5.17 Å². The van der Waals surface area contributed by atoms with Gasteiger partial charge in [-0.25, -0.2) is 0 Å². The summed E-state index contributed by atoms with van der Waals surface area (Å²) in [5.41, 5.74) is 0.602. The molecule has 116 valence electrons. The standard InChI is InChI=1S/C15H17N3O3S/c1-21-11-5-3-2-4-10(11)17-13(19)8-12-14(20)18-15(22-12)16-9-6-7-9/h2-5,9,12H,6-8H2,1H3,(H,17,19)(H,16,18,20)/t12-/m1/s1. The molecule has 1 aromatic rings. The predicted octanol–water partition coefficient (Wildman–Crippen LogP) is 1.77.